The molecule has 0 N–H and O–H groups in total. The molecule has 0 saturated heterocycles. The second-order valence-electron chi connectivity index (χ2n) is 2.84. The summed E-state index contributed by atoms with van der Waals surface area (Å²) < 4.78 is 1.10. The summed E-state index contributed by atoms with van der Waals surface area (Å²) in [7, 11) is 0. The van der Waals surface area contributed by atoms with Crippen LogP contribution in [0.5, 0.6) is 0 Å². The number of rotatable bonds is 4. The Bertz CT molecular complexity index is 274. The summed E-state index contributed by atoms with van der Waals surface area (Å²) in [6.07, 6.45) is 2.26. The Morgan fingerprint density at radius 3 is 2.62 bits per heavy atom. The third-order valence-electron chi connectivity index (χ3n) is 1.89. The van der Waals surface area contributed by atoms with Crippen LogP contribution in [0.15, 0.2) is 22.7 Å². The minimum Gasteiger partial charge on any atom is -0.122 e. The van der Waals surface area contributed by atoms with Gasteiger partial charge in [0.15, 0.2) is 0 Å². The molecule has 0 heterocycles. The first kappa shape index (κ1) is 11.5. The molecule has 0 aromatic heterocycles. The molecule has 0 aliphatic carbocycles. The van der Waals surface area contributed by atoms with Crippen LogP contribution in [0.25, 0.3) is 0 Å². The van der Waals surface area contributed by atoms with Gasteiger partial charge in [0, 0.05) is 15.7 Å². The molecule has 0 amide bonds. The second kappa shape index (κ2) is 6.05. The fourth-order valence-corrected chi connectivity index (χ4v) is 2.16. The molecule has 0 spiro atoms. The molecule has 1 aromatic carbocycles. The quantitative estimate of drug-likeness (QED) is 0.714. The van der Waals surface area contributed by atoms with Crippen molar-refractivity contribution < 1.29 is 0 Å². The largest absolute Gasteiger partial charge is 0.122 e. The van der Waals surface area contributed by atoms with Crippen molar-refractivity contribution in [3.63, 3.8) is 0 Å². The summed E-state index contributed by atoms with van der Waals surface area (Å²) in [5.41, 5.74) is 2.59. The van der Waals surface area contributed by atoms with Crippen molar-refractivity contribution in [2.45, 2.75) is 18.7 Å². The van der Waals surface area contributed by atoms with Gasteiger partial charge in [-0.1, -0.05) is 37.9 Å². The number of hydrogen-bond acceptors (Lipinski definition) is 0. The molecule has 3 heteroatoms. The summed E-state index contributed by atoms with van der Waals surface area (Å²) >= 11 is 12.7. The normalized spacial score (nSPS) is 10.4. The predicted molar refractivity (Wildman–Crippen MR) is 65.8 cm³/mol. The van der Waals surface area contributed by atoms with E-state index in [0.717, 1.165) is 22.6 Å². The highest BCUT2D eigenvalue weighted by molar-refractivity contribution is 9.10. The van der Waals surface area contributed by atoms with Gasteiger partial charge >= 0.3 is 0 Å². The van der Waals surface area contributed by atoms with Gasteiger partial charge in [0.05, 0.1) is 0 Å². The predicted octanol–water partition coefficient (Wildman–Crippen LogP) is 4.52. The van der Waals surface area contributed by atoms with Crippen molar-refractivity contribution in [3.05, 3.63) is 33.8 Å². The molecule has 0 aliphatic heterocycles. The van der Waals surface area contributed by atoms with Gasteiger partial charge in [-0.05, 0) is 36.1 Å². The molecule has 0 fully saturated rings. The molecular weight excluding hydrogens is 315 g/mol. The molecule has 13 heavy (non-hydrogen) atoms. The van der Waals surface area contributed by atoms with E-state index < -0.39 is 0 Å². The van der Waals surface area contributed by atoms with Crippen LogP contribution >= 0.6 is 43.5 Å². The standard InChI is InChI=1S/C10H11Br2Cl/c11-5-1-2-8-3-4-10(12)6-9(8)7-13/h3-4,6H,1-2,5,7H2. The summed E-state index contributed by atoms with van der Waals surface area (Å²) in [6, 6.07) is 6.31. The molecule has 1 aromatic rings. The summed E-state index contributed by atoms with van der Waals surface area (Å²) in [4.78, 5) is 0. The molecule has 0 radical (unpaired) electrons. The minimum absolute atomic E-state index is 0.594. The number of benzene rings is 1. The SMILES string of the molecule is ClCc1cc(Br)ccc1CCCBr. The van der Waals surface area contributed by atoms with Crippen molar-refractivity contribution >= 4 is 43.5 Å². The molecule has 0 atom stereocenters. The van der Waals surface area contributed by atoms with Crippen LogP contribution in [0.1, 0.15) is 17.5 Å². The van der Waals surface area contributed by atoms with E-state index in [9.17, 15) is 0 Å². The summed E-state index contributed by atoms with van der Waals surface area (Å²) in [5, 5.41) is 1.05. The Kier molecular flexibility index (Phi) is 5.37. The van der Waals surface area contributed by atoms with E-state index in [0.29, 0.717) is 5.88 Å². The van der Waals surface area contributed by atoms with E-state index in [1.54, 1.807) is 0 Å². The third-order valence-corrected chi connectivity index (χ3v) is 3.23. The summed E-state index contributed by atoms with van der Waals surface area (Å²) in [6.45, 7) is 0. The van der Waals surface area contributed by atoms with Crippen LogP contribution in [0.3, 0.4) is 0 Å². The van der Waals surface area contributed by atoms with E-state index >= 15 is 0 Å². The maximum atomic E-state index is 5.85. The van der Waals surface area contributed by atoms with E-state index in [1.807, 2.05) is 0 Å². The highest BCUT2D eigenvalue weighted by Crippen LogP contribution is 2.19. The Morgan fingerprint density at radius 1 is 1.23 bits per heavy atom. The number of aryl methyl sites for hydroxylation is 1. The van der Waals surface area contributed by atoms with Gasteiger partial charge in [0.2, 0.25) is 0 Å². The zero-order valence-corrected chi connectivity index (χ0v) is 11.1. The maximum absolute atomic E-state index is 5.85. The molecule has 72 valence electrons. The summed E-state index contributed by atoms with van der Waals surface area (Å²) in [5.74, 6) is 0.594. The van der Waals surface area contributed by atoms with E-state index in [2.05, 4.69) is 50.1 Å². The Balaban J connectivity index is 2.79. The fourth-order valence-electron chi connectivity index (χ4n) is 1.22. The van der Waals surface area contributed by atoms with Crippen molar-refractivity contribution in [1.29, 1.82) is 0 Å². The number of alkyl halides is 2. The molecule has 0 bridgehead atoms. The molecule has 0 saturated carbocycles. The lowest BCUT2D eigenvalue weighted by Crippen LogP contribution is -1.92. The van der Waals surface area contributed by atoms with Crippen LogP contribution in [-0.2, 0) is 12.3 Å². The van der Waals surface area contributed by atoms with Crippen LogP contribution in [0.4, 0.5) is 0 Å². The Morgan fingerprint density at radius 2 is 2.00 bits per heavy atom. The third kappa shape index (κ3) is 3.61. The monoisotopic (exact) mass is 324 g/mol. The van der Waals surface area contributed by atoms with Crippen LogP contribution in [0, 0.1) is 0 Å². The van der Waals surface area contributed by atoms with E-state index in [-0.39, 0.29) is 0 Å². The first-order valence-electron chi connectivity index (χ1n) is 4.17. The van der Waals surface area contributed by atoms with Gasteiger partial charge in [0.25, 0.3) is 0 Å². The Hall–Kier alpha value is 0.470. The van der Waals surface area contributed by atoms with Gasteiger partial charge in [-0.3, -0.25) is 0 Å². The van der Waals surface area contributed by atoms with Gasteiger partial charge in [-0.2, -0.15) is 0 Å². The van der Waals surface area contributed by atoms with Gasteiger partial charge in [0.1, 0.15) is 0 Å². The Labute approximate surface area is 101 Å². The zero-order chi connectivity index (χ0) is 9.68. The number of hydrogen-bond donors (Lipinski definition) is 0. The zero-order valence-electron chi connectivity index (χ0n) is 7.19. The highest BCUT2D eigenvalue weighted by Gasteiger charge is 2.01. The van der Waals surface area contributed by atoms with Crippen LogP contribution in [0.2, 0.25) is 0 Å². The highest BCUT2D eigenvalue weighted by atomic mass is 79.9. The lowest BCUT2D eigenvalue weighted by molar-refractivity contribution is 0.926. The lowest BCUT2D eigenvalue weighted by atomic mass is 10.0. The molecule has 0 aliphatic rings. The first-order chi connectivity index (χ1) is 6.27. The average Bonchev–Trinajstić information content (AvgIpc) is 2.16. The van der Waals surface area contributed by atoms with Gasteiger partial charge in [-0.15, -0.1) is 11.6 Å². The fraction of sp³-hybridized carbons (Fsp3) is 0.400. The van der Waals surface area contributed by atoms with Crippen LogP contribution < -0.4 is 0 Å². The van der Waals surface area contributed by atoms with Crippen LogP contribution in [-0.4, -0.2) is 5.33 Å². The van der Waals surface area contributed by atoms with Crippen molar-refractivity contribution in [3.8, 4) is 0 Å². The van der Waals surface area contributed by atoms with Crippen molar-refractivity contribution in [1.82, 2.24) is 0 Å². The minimum atomic E-state index is 0.594. The second-order valence-corrected chi connectivity index (χ2v) is 4.82. The van der Waals surface area contributed by atoms with Crippen molar-refractivity contribution in [2.75, 3.05) is 5.33 Å². The maximum Gasteiger partial charge on any atom is 0.0477 e. The van der Waals surface area contributed by atoms with Gasteiger partial charge < -0.3 is 0 Å². The molecule has 0 unspecified atom stereocenters. The van der Waals surface area contributed by atoms with Crippen molar-refractivity contribution in [2.24, 2.45) is 0 Å². The smallest absolute Gasteiger partial charge is 0.0477 e. The molecule has 1 rings (SSSR count). The van der Waals surface area contributed by atoms with E-state index in [1.165, 1.54) is 11.1 Å². The van der Waals surface area contributed by atoms with E-state index in [4.69, 9.17) is 11.6 Å². The first-order valence-corrected chi connectivity index (χ1v) is 6.62. The lowest BCUT2D eigenvalue weighted by Gasteiger charge is -2.06. The molecular formula is C10H11Br2Cl. The number of halogens is 3. The van der Waals surface area contributed by atoms with Gasteiger partial charge in [-0.25, -0.2) is 0 Å². The average molecular weight is 326 g/mol. The topological polar surface area (TPSA) is 0 Å². The molecule has 0 nitrogen and oxygen atoms in total.